The fourth-order valence-electron chi connectivity index (χ4n) is 1.51. The normalized spacial score (nSPS) is 13.1. The molecular formula is C12H18ClNOS. The fourth-order valence-corrected chi connectivity index (χ4v) is 2.91. The summed E-state index contributed by atoms with van der Waals surface area (Å²) in [5.41, 5.74) is 7.81. The van der Waals surface area contributed by atoms with Crippen LogP contribution in [0.4, 0.5) is 5.69 Å². The first-order valence-electron chi connectivity index (χ1n) is 5.24. The van der Waals surface area contributed by atoms with E-state index >= 15 is 0 Å². The second-order valence-electron chi connectivity index (χ2n) is 3.90. The van der Waals surface area contributed by atoms with E-state index in [-0.39, 0.29) is 5.25 Å². The Kier molecular flexibility index (Phi) is 5.46. The van der Waals surface area contributed by atoms with Gasteiger partial charge in [0, 0.05) is 17.8 Å². The van der Waals surface area contributed by atoms with E-state index in [1.807, 2.05) is 30.0 Å². The van der Waals surface area contributed by atoms with E-state index in [4.69, 9.17) is 22.1 Å². The molecule has 0 fully saturated rings. The molecule has 4 heteroatoms. The zero-order valence-corrected chi connectivity index (χ0v) is 11.4. The van der Waals surface area contributed by atoms with Gasteiger partial charge in [-0.2, -0.15) is 0 Å². The summed E-state index contributed by atoms with van der Waals surface area (Å²) in [6.45, 7) is 4.97. The average Bonchev–Trinajstić information content (AvgIpc) is 2.20. The molecule has 1 atom stereocenters. The van der Waals surface area contributed by atoms with E-state index < -0.39 is 0 Å². The van der Waals surface area contributed by atoms with E-state index in [1.165, 1.54) is 0 Å². The van der Waals surface area contributed by atoms with Crippen LogP contribution in [0.5, 0.6) is 0 Å². The van der Waals surface area contributed by atoms with Crippen molar-refractivity contribution in [2.75, 3.05) is 19.5 Å². The molecule has 2 N–H and O–H groups in total. The van der Waals surface area contributed by atoms with E-state index in [0.717, 1.165) is 16.3 Å². The molecule has 1 unspecified atom stereocenters. The van der Waals surface area contributed by atoms with Crippen LogP contribution in [0.3, 0.4) is 0 Å². The van der Waals surface area contributed by atoms with Gasteiger partial charge in [0.15, 0.2) is 0 Å². The van der Waals surface area contributed by atoms with Crippen LogP contribution in [-0.4, -0.2) is 19.0 Å². The molecule has 90 valence electrons. The lowest BCUT2D eigenvalue weighted by Gasteiger charge is -2.20. The minimum Gasteiger partial charge on any atom is -0.398 e. The number of ether oxygens (including phenoxy) is 1. The van der Waals surface area contributed by atoms with Crippen LogP contribution in [-0.2, 0) is 4.74 Å². The second-order valence-corrected chi connectivity index (χ2v) is 6.12. The van der Waals surface area contributed by atoms with Gasteiger partial charge in [-0.3, -0.25) is 0 Å². The largest absolute Gasteiger partial charge is 0.398 e. The molecule has 0 aliphatic carbocycles. The summed E-state index contributed by atoms with van der Waals surface area (Å²) in [7, 11) is 1.70. The van der Waals surface area contributed by atoms with Crippen LogP contribution in [0, 0.1) is 0 Å². The second kappa shape index (κ2) is 6.38. The summed E-state index contributed by atoms with van der Waals surface area (Å²) >= 11 is 7.83. The fraction of sp³-hybridized carbons (Fsp3) is 0.500. The van der Waals surface area contributed by atoms with Gasteiger partial charge in [0.2, 0.25) is 0 Å². The molecule has 0 amide bonds. The number of rotatable bonds is 5. The highest BCUT2D eigenvalue weighted by atomic mass is 35.5. The zero-order chi connectivity index (χ0) is 12.1. The first-order chi connectivity index (χ1) is 7.54. The lowest BCUT2D eigenvalue weighted by Crippen LogP contribution is -2.08. The summed E-state index contributed by atoms with van der Waals surface area (Å²) < 4.78 is 5.23. The number of hydrogen-bond acceptors (Lipinski definition) is 3. The zero-order valence-electron chi connectivity index (χ0n) is 9.87. The van der Waals surface area contributed by atoms with Crippen molar-refractivity contribution in [3.63, 3.8) is 0 Å². The summed E-state index contributed by atoms with van der Waals surface area (Å²) in [4.78, 5) is 0. The number of nitrogen functional groups attached to an aromatic ring is 1. The van der Waals surface area contributed by atoms with Gasteiger partial charge < -0.3 is 10.5 Å². The van der Waals surface area contributed by atoms with E-state index in [1.54, 1.807) is 7.11 Å². The average molecular weight is 260 g/mol. The van der Waals surface area contributed by atoms with Crippen LogP contribution < -0.4 is 5.73 Å². The van der Waals surface area contributed by atoms with Gasteiger partial charge in [0.1, 0.15) is 0 Å². The predicted molar refractivity (Wildman–Crippen MR) is 73.2 cm³/mol. The quantitative estimate of drug-likeness (QED) is 0.818. The van der Waals surface area contributed by atoms with Crippen molar-refractivity contribution < 1.29 is 4.74 Å². The Morgan fingerprint density at radius 3 is 2.69 bits per heavy atom. The van der Waals surface area contributed by atoms with Crippen molar-refractivity contribution in [2.45, 2.75) is 24.3 Å². The SMILES string of the molecule is COCC(SC(C)C)c1cc(Cl)ccc1N. The molecule has 0 aliphatic heterocycles. The maximum atomic E-state index is 5.99. The summed E-state index contributed by atoms with van der Waals surface area (Å²) in [5.74, 6) is 0. The van der Waals surface area contributed by atoms with Crippen molar-refractivity contribution in [1.29, 1.82) is 0 Å². The molecule has 0 radical (unpaired) electrons. The van der Waals surface area contributed by atoms with Crippen LogP contribution in [0.25, 0.3) is 0 Å². The standard InChI is InChI=1S/C12H18ClNOS/c1-8(2)16-12(7-15-3)10-6-9(13)4-5-11(10)14/h4-6,8,12H,7,14H2,1-3H3. The van der Waals surface area contributed by atoms with Crippen molar-refractivity contribution in [3.05, 3.63) is 28.8 Å². The molecule has 2 nitrogen and oxygen atoms in total. The van der Waals surface area contributed by atoms with Crippen molar-refractivity contribution in [2.24, 2.45) is 0 Å². The number of methoxy groups -OCH3 is 1. The number of halogens is 1. The van der Waals surface area contributed by atoms with Gasteiger partial charge in [0.25, 0.3) is 0 Å². The topological polar surface area (TPSA) is 35.2 Å². The van der Waals surface area contributed by atoms with Gasteiger partial charge in [-0.1, -0.05) is 25.4 Å². The number of nitrogens with two attached hydrogens (primary N) is 1. The summed E-state index contributed by atoms with van der Waals surface area (Å²) in [6.07, 6.45) is 0. The van der Waals surface area contributed by atoms with Crippen molar-refractivity contribution in [1.82, 2.24) is 0 Å². The van der Waals surface area contributed by atoms with Gasteiger partial charge in [-0.25, -0.2) is 0 Å². The van der Waals surface area contributed by atoms with E-state index in [0.29, 0.717) is 11.9 Å². The Hall–Kier alpha value is -0.380. The molecule has 0 saturated heterocycles. The highest BCUT2D eigenvalue weighted by Gasteiger charge is 2.16. The summed E-state index contributed by atoms with van der Waals surface area (Å²) in [5, 5.41) is 1.48. The molecule has 0 aromatic heterocycles. The third kappa shape index (κ3) is 3.89. The Labute approximate surface area is 107 Å². The predicted octanol–water partition coefficient (Wildman–Crippen LogP) is 3.75. The number of anilines is 1. The highest BCUT2D eigenvalue weighted by Crippen LogP contribution is 2.36. The third-order valence-corrected chi connectivity index (χ3v) is 3.65. The lowest BCUT2D eigenvalue weighted by molar-refractivity contribution is 0.200. The smallest absolute Gasteiger partial charge is 0.0623 e. The third-order valence-electron chi connectivity index (χ3n) is 2.15. The van der Waals surface area contributed by atoms with Crippen LogP contribution in [0.15, 0.2) is 18.2 Å². The Morgan fingerprint density at radius 1 is 1.44 bits per heavy atom. The number of hydrogen-bond donors (Lipinski definition) is 1. The van der Waals surface area contributed by atoms with Crippen molar-refractivity contribution >= 4 is 29.1 Å². The van der Waals surface area contributed by atoms with Gasteiger partial charge in [0.05, 0.1) is 11.9 Å². The van der Waals surface area contributed by atoms with Gasteiger partial charge in [-0.05, 0) is 29.0 Å². The Bertz CT molecular complexity index is 344. The molecular weight excluding hydrogens is 242 g/mol. The minimum absolute atomic E-state index is 0.240. The molecule has 1 aromatic rings. The number of benzene rings is 1. The Morgan fingerprint density at radius 2 is 2.12 bits per heavy atom. The van der Waals surface area contributed by atoms with E-state index in [2.05, 4.69) is 13.8 Å². The van der Waals surface area contributed by atoms with Crippen LogP contribution in [0.2, 0.25) is 5.02 Å². The van der Waals surface area contributed by atoms with Gasteiger partial charge >= 0.3 is 0 Å². The lowest BCUT2D eigenvalue weighted by atomic mass is 10.1. The van der Waals surface area contributed by atoms with Crippen LogP contribution in [0.1, 0.15) is 24.7 Å². The van der Waals surface area contributed by atoms with Gasteiger partial charge in [-0.15, -0.1) is 11.8 Å². The maximum absolute atomic E-state index is 5.99. The van der Waals surface area contributed by atoms with Crippen molar-refractivity contribution in [3.8, 4) is 0 Å². The number of thioether (sulfide) groups is 1. The first kappa shape index (κ1) is 13.7. The Balaban J connectivity index is 2.94. The highest BCUT2D eigenvalue weighted by molar-refractivity contribution is 8.00. The molecule has 0 saturated carbocycles. The van der Waals surface area contributed by atoms with E-state index in [9.17, 15) is 0 Å². The molecule has 1 rings (SSSR count). The maximum Gasteiger partial charge on any atom is 0.0623 e. The summed E-state index contributed by atoms with van der Waals surface area (Å²) in [6, 6.07) is 5.58. The molecule has 0 aliphatic rings. The molecule has 0 heterocycles. The monoisotopic (exact) mass is 259 g/mol. The molecule has 1 aromatic carbocycles. The molecule has 0 spiro atoms. The molecule has 16 heavy (non-hydrogen) atoms. The minimum atomic E-state index is 0.240. The van der Waals surface area contributed by atoms with Crippen LogP contribution >= 0.6 is 23.4 Å². The molecule has 0 bridgehead atoms. The first-order valence-corrected chi connectivity index (χ1v) is 6.56.